The van der Waals surface area contributed by atoms with Crippen LogP contribution in [-0.2, 0) is 6.42 Å². The van der Waals surface area contributed by atoms with Crippen LogP contribution >= 0.6 is 11.3 Å². The van der Waals surface area contributed by atoms with Crippen molar-refractivity contribution in [3.8, 4) is 0 Å². The van der Waals surface area contributed by atoms with Gasteiger partial charge in [-0.25, -0.2) is 13.8 Å². The first-order chi connectivity index (χ1) is 9.95. The van der Waals surface area contributed by atoms with E-state index in [4.69, 9.17) is 5.73 Å². The predicted molar refractivity (Wildman–Crippen MR) is 77.1 cm³/mol. The molecule has 0 saturated heterocycles. The topological polar surface area (TPSA) is 68.0 Å². The number of carbonyl (C=O) groups excluding carboxylic acids is 1. The van der Waals surface area contributed by atoms with Gasteiger partial charge in [0.2, 0.25) is 0 Å². The molecule has 2 aromatic rings. The molecule has 1 aromatic carbocycles. The monoisotopic (exact) mass is 311 g/mol. The first kappa shape index (κ1) is 15.5. The van der Waals surface area contributed by atoms with Crippen LogP contribution in [0.5, 0.6) is 0 Å². The summed E-state index contributed by atoms with van der Waals surface area (Å²) < 4.78 is 26.0. The Bertz CT molecular complexity index is 623. The highest BCUT2D eigenvalue weighted by Gasteiger charge is 2.12. The molecule has 1 heterocycles. The Labute approximate surface area is 125 Å². The predicted octanol–water partition coefficient (Wildman–Crippen LogP) is 2.41. The molecule has 4 nitrogen and oxygen atoms in total. The van der Waals surface area contributed by atoms with Gasteiger partial charge in [-0.3, -0.25) is 4.79 Å². The molecular weight excluding hydrogens is 296 g/mol. The summed E-state index contributed by atoms with van der Waals surface area (Å²) in [6.07, 6.45) is 0.338. The summed E-state index contributed by atoms with van der Waals surface area (Å²) >= 11 is 1.32. The molecule has 0 aliphatic carbocycles. The number of nitrogens with two attached hydrogens (primary N) is 1. The Kier molecular flexibility index (Phi) is 4.98. The molecular formula is C14H15F2N3OS. The van der Waals surface area contributed by atoms with Crippen molar-refractivity contribution in [2.45, 2.75) is 19.4 Å². The molecule has 21 heavy (non-hydrogen) atoms. The maximum Gasteiger partial charge on any atom is 0.270 e. The largest absolute Gasteiger partial charge is 0.350 e. The Morgan fingerprint density at radius 2 is 2.05 bits per heavy atom. The molecule has 1 atom stereocenters. The Hall–Kier alpha value is -1.86. The van der Waals surface area contributed by atoms with Gasteiger partial charge in [-0.2, -0.15) is 0 Å². The van der Waals surface area contributed by atoms with Crippen molar-refractivity contribution in [3.63, 3.8) is 0 Å². The molecule has 0 aliphatic rings. The second-order valence-corrected chi connectivity index (χ2v) is 5.53. The zero-order chi connectivity index (χ0) is 15.4. The number of nitrogens with zero attached hydrogens (tertiary/aromatic N) is 1. The lowest BCUT2D eigenvalue weighted by Crippen LogP contribution is -2.26. The highest BCUT2D eigenvalue weighted by Crippen LogP contribution is 2.15. The van der Waals surface area contributed by atoms with Crippen molar-refractivity contribution in [2.75, 3.05) is 6.54 Å². The van der Waals surface area contributed by atoms with E-state index in [0.717, 1.165) is 6.07 Å². The number of halogens is 2. The standard InChI is InChI=1S/C14H15F2N3OS/c1-8(17)14-19-12(7-21-14)13(20)18-3-2-9-4-10(15)6-11(16)5-9/h4-8H,2-3,17H2,1H3,(H,18,20). The molecule has 0 radical (unpaired) electrons. The molecule has 0 spiro atoms. The van der Waals surface area contributed by atoms with Gasteiger partial charge in [-0.05, 0) is 31.0 Å². The Balaban J connectivity index is 1.89. The molecule has 1 unspecified atom stereocenters. The van der Waals surface area contributed by atoms with Crippen LogP contribution < -0.4 is 11.1 Å². The van der Waals surface area contributed by atoms with Crippen LogP contribution in [0.15, 0.2) is 23.6 Å². The molecule has 1 amide bonds. The lowest BCUT2D eigenvalue weighted by Gasteiger charge is -2.04. The van der Waals surface area contributed by atoms with Crippen LogP contribution in [0, 0.1) is 11.6 Å². The maximum absolute atomic E-state index is 13.0. The van der Waals surface area contributed by atoms with E-state index in [1.807, 2.05) is 0 Å². The van der Waals surface area contributed by atoms with E-state index in [1.165, 1.54) is 23.5 Å². The molecule has 0 bridgehead atoms. The molecule has 112 valence electrons. The fourth-order valence-corrected chi connectivity index (χ4v) is 2.53. The van der Waals surface area contributed by atoms with Crippen LogP contribution in [-0.4, -0.2) is 17.4 Å². The summed E-state index contributed by atoms with van der Waals surface area (Å²) in [6.45, 7) is 2.06. The van der Waals surface area contributed by atoms with E-state index in [-0.39, 0.29) is 18.5 Å². The fourth-order valence-electron chi connectivity index (χ4n) is 1.77. The average Bonchev–Trinajstić information content (AvgIpc) is 2.87. The summed E-state index contributed by atoms with van der Waals surface area (Å²) in [5.41, 5.74) is 6.47. The van der Waals surface area contributed by atoms with E-state index in [0.29, 0.717) is 22.7 Å². The number of thiazole rings is 1. The summed E-state index contributed by atoms with van der Waals surface area (Å²) in [7, 11) is 0. The van der Waals surface area contributed by atoms with Crippen LogP contribution in [0.3, 0.4) is 0 Å². The second kappa shape index (κ2) is 6.73. The smallest absolute Gasteiger partial charge is 0.270 e. The molecule has 1 aromatic heterocycles. The minimum atomic E-state index is -0.627. The SMILES string of the molecule is CC(N)c1nc(C(=O)NCCc2cc(F)cc(F)c2)cs1. The molecule has 3 N–H and O–H groups in total. The maximum atomic E-state index is 13.0. The van der Waals surface area contributed by atoms with Crippen molar-refractivity contribution < 1.29 is 13.6 Å². The molecule has 0 fully saturated rings. The lowest BCUT2D eigenvalue weighted by atomic mass is 10.1. The first-order valence-electron chi connectivity index (χ1n) is 6.40. The third kappa shape index (κ3) is 4.30. The van der Waals surface area contributed by atoms with Gasteiger partial charge < -0.3 is 11.1 Å². The normalized spacial score (nSPS) is 12.2. The van der Waals surface area contributed by atoms with Gasteiger partial charge in [0, 0.05) is 18.0 Å². The van der Waals surface area contributed by atoms with E-state index in [1.54, 1.807) is 12.3 Å². The number of hydrogen-bond donors (Lipinski definition) is 2. The van der Waals surface area contributed by atoms with Gasteiger partial charge in [0.1, 0.15) is 22.3 Å². The Morgan fingerprint density at radius 1 is 1.38 bits per heavy atom. The summed E-state index contributed by atoms with van der Waals surface area (Å²) in [4.78, 5) is 16.0. The number of carbonyl (C=O) groups is 1. The molecule has 7 heteroatoms. The van der Waals surface area contributed by atoms with Crippen LogP contribution in [0.2, 0.25) is 0 Å². The van der Waals surface area contributed by atoms with Crippen LogP contribution in [0.4, 0.5) is 8.78 Å². The molecule has 0 aliphatic heterocycles. The highest BCUT2D eigenvalue weighted by molar-refractivity contribution is 7.09. The van der Waals surface area contributed by atoms with Crippen LogP contribution in [0.25, 0.3) is 0 Å². The van der Waals surface area contributed by atoms with Crippen molar-refractivity contribution in [2.24, 2.45) is 5.73 Å². The minimum absolute atomic E-state index is 0.216. The van der Waals surface area contributed by atoms with E-state index < -0.39 is 11.6 Å². The van der Waals surface area contributed by atoms with Crippen molar-refractivity contribution in [1.82, 2.24) is 10.3 Å². The fraction of sp³-hybridized carbons (Fsp3) is 0.286. The van der Waals surface area contributed by atoms with Crippen molar-refractivity contribution in [3.05, 3.63) is 51.5 Å². The van der Waals surface area contributed by atoms with Gasteiger partial charge in [-0.15, -0.1) is 11.3 Å². The van der Waals surface area contributed by atoms with Gasteiger partial charge in [0.05, 0.1) is 6.04 Å². The van der Waals surface area contributed by atoms with Crippen molar-refractivity contribution >= 4 is 17.2 Å². The minimum Gasteiger partial charge on any atom is -0.350 e. The van der Waals surface area contributed by atoms with E-state index in [9.17, 15) is 13.6 Å². The molecule has 2 rings (SSSR count). The highest BCUT2D eigenvalue weighted by atomic mass is 32.1. The lowest BCUT2D eigenvalue weighted by molar-refractivity contribution is 0.0949. The number of aromatic nitrogens is 1. The summed E-state index contributed by atoms with van der Waals surface area (Å²) in [5, 5.41) is 4.98. The van der Waals surface area contributed by atoms with Gasteiger partial charge in [0.15, 0.2) is 0 Å². The summed E-state index contributed by atoms with van der Waals surface area (Å²) in [5.74, 6) is -1.58. The van der Waals surface area contributed by atoms with Gasteiger partial charge >= 0.3 is 0 Å². The van der Waals surface area contributed by atoms with E-state index >= 15 is 0 Å². The zero-order valence-corrected chi connectivity index (χ0v) is 12.2. The second-order valence-electron chi connectivity index (χ2n) is 4.64. The number of nitrogens with one attached hydrogen (secondary N) is 1. The first-order valence-corrected chi connectivity index (χ1v) is 7.28. The third-order valence-corrected chi connectivity index (χ3v) is 3.81. The zero-order valence-electron chi connectivity index (χ0n) is 11.4. The van der Waals surface area contributed by atoms with Gasteiger partial charge in [-0.1, -0.05) is 0 Å². The molecule has 0 saturated carbocycles. The number of amides is 1. The third-order valence-electron chi connectivity index (χ3n) is 2.77. The van der Waals surface area contributed by atoms with Crippen LogP contribution in [0.1, 0.15) is 34.0 Å². The Morgan fingerprint density at radius 3 is 2.62 bits per heavy atom. The van der Waals surface area contributed by atoms with Gasteiger partial charge in [0.25, 0.3) is 5.91 Å². The number of rotatable bonds is 5. The van der Waals surface area contributed by atoms with Crippen molar-refractivity contribution in [1.29, 1.82) is 0 Å². The number of benzene rings is 1. The number of hydrogen-bond acceptors (Lipinski definition) is 4. The van der Waals surface area contributed by atoms with E-state index in [2.05, 4.69) is 10.3 Å². The quantitative estimate of drug-likeness (QED) is 0.891. The average molecular weight is 311 g/mol. The summed E-state index contributed by atoms with van der Waals surface area (Å²) in [6, 6.07) is 3.08.